The average molecular weight is 273 g/mol. The zero-order valence-electron chi connectivity index (χ0n) is 11.0. The Kier molecular flexibility index (Phi) is 3.68. The fourth-order valence-electron chi connectivity index (χ4n) is 1.87. The molecule has 0 aliphatic rings. The van der Waals surface area contributed by atoms with Gasteiger partial charge in [-0.05, 0) is 44.0 Å². The van der Waals surface area contributed by atoms with E-state index < -0.39 is 0 Å². The van der Waals surface area contributed by atoms with Crippen LogP contribution in [0.15, 0.2) is 18.2 Å². The van der Waals surface area contributed by atoms with Crippen LogP contribution in [0.2, 0.25) is 5.02 Å². The predicted octanol–water partition coefficient (Wildman–Crippen LogP) is 3.67. The lowest BCUT2D eigenvalue weighted by Gasteiger charge is -2.11. The lowest BCUT2D eigenvalue weighted by atomic mass is 10.1. The highest BCUT2D eigenvalue weighted by molar-refractivity contribution is 6.33. The van der Waals surface area contributed by atoms with Gasteiger partial charge in [0.25, 0.3) is 0 Å². The summed E-state index contributed by atoms with van der Waals surface area (Å²) in [5.41, 5.74) is 3.93. The van der Waals surface area contributed by atoms with Gasteiger partial charge in [0.05, 0.1) is 10.7 Å². The molecule has 5 heteroatoms. The van der Waals surface area contributed by atoms with Gasteiger partial charge in [-0.3, -0.25) is 0 Å². The topological polar surface area (TPSA) is 61.6 Å². The number of aryl methyl sites for hydroxylation is 3. The van der Waals surface area contributed by atoms with Crippen LogP contribution in [0.3, 0.4) is 0 Å². The molecule has 1 heterocycles. The highest BCUT2D eigenvalue weighted by Gasteiger charge is 2.08. The van der Waals surface area contributed by atoms with E-state index in [9.17, 15) is 0 Å². The molecule has 0 saturated carbocycles. The molecular formula is C14H13ClN4. The maximum absolute atomic E-state index is 8.90. The number of aromatic nitrogens is 2. The molecule has 0 atom stereocenters. The third kappa shape index (κ3) is 3.01. The van der Waals surface area contributed by atoms with Crippen molar-refractivity contribution in [2.75, 3.05) is 5.32 Å². The van der Waals surface area contributed by atoms with Gasteiger partial charge < -0.3 is 5.32 Å². The van der Waals surface area contributed by atoms with E-state index in [2.05, 4.69) is 15.3 Å². The number of benzene rings is 1. The van der Waals surface area contributed by atoms with E-state index in [0.717, 1.165) is 22.5 Å². The summed E-state index contributed by atoms with van der Waals surface area (Å²) in [6.07, 6.45) is 0. The minimum atomic E-state index is 0.330. The molecule has 0 saturated heterocycles. The number of nitrogens with one attached hydrogen (secondary N) is 1. The van der Waals surface area contributed by atoms with Crippen LogP contribution < -0.4 is 5.32 Å². The van der Waals surface area contributed by atoms with Crippen molar-refractivity contribution in [1.29, 1.82) is 5.26 Å². The third-order valence-corrected chi connectivity index (χ3v) is 2.94. The Hall–Kier alpha value is -2.12. The number of anilines is 2. The first-order valence-electron chi connectivity index (χ1n) is 5.79. The summed E-state index contributed by atoms with van der Waals surface area (Å²) in [6.45, 7) is 5.76. The number of rotatable bonds is 2. The first-order valence-corrected chi connectivity index (χ1v) is 6.17. The summed E-state index contributed by atoms with van der Waals surface area (Å²) in [5, 5.41) is 12.6. The van der Waals surface area contributed by atoms with Crippen molar-refractivity contribution in [3.8, 4) is 6.07 Å². The third-order valence-electron chi connectivity index (χ3n) is 2.64. The summed E-state index contributed by atoms with van der Waals surface area (Å²) < 4.78 is 0. The van der Waals surface area contributed by atoms with Gasteiger partial charge in [-0.2, -0.15) is 5.26 Å². The molecule has 1 aromatic heterocycles. The molecule has 4 nitrogen and oxygen atoms in total. The molecule has 96 valence electrons. The highest BCUT2D eigenvalue weighted by Crippen LogP contribution is 2.29. The number of hydrogen-bond donors (Lipinski definition) is 1. The Bertz CT molecular complexity index is 651. The van der Waals surface area contributed by atoms with E-state index >= 15 is 0 Å². The summed E-state index contributed by atoms with van der Waals surface area (Å²) in [4.78, 5) is 8.36. The van der Waals surface area contributed by atoms with Gasteiger partial charge in [-0.15, -0.1) is 0 Å². The van der Waals surface area contributed by atoms with E-state index in [0.29, 0.717) is 16.7 Å². The molecular weight excluding hydrogens is 260 g/mol. The molecule has 0 aliphatic carbocycles. The lowest BCUT2D eigenvalue weighted by Crippen LogP contribution is -2.02. The molecule has 0 aliphatic heterocycles. The van der Waals surface area contributed by atoms with Crippen LogP contribution in [0.1, 0.15) is 22.5 Å². The van der Waals surface area contributed by atoms with Gasteiger partial charge in [0.1, 0.15) is 11.8 Å². The average Bonchev–Trinajstić information content (AvgIpc) is 2.33. The number of nitriles is 1. The molecule has 0 radical (unpaired) electrons. The molecule has 0 unspecified atom stereocenters. The van der Waals surface area contributed by atoms with Crippen LogP contribution in [0.25, 0.3) is 0 Å². The fourth-order valence-corrected chi connectivity index (χ4v) is 2.24. The Morgan fingerprint density at radius 1 is 1.16 bits per heavy atom. The quantitative estimate of drug-likeness (QED) is 0.906. The van der Waals surface area contributed by atoms with Crippen LogP contribution in [0.4, 0.5) is 11.6 Å². The minimum absolute atomic E-state index is 0.330. The number of nitrogens with zero attached hydrogens (tertiary/aromatic N) is 3. The first-order chi connectivity index (χ1) is 8.99. The fraction of sp³-hybridized carbons (Fsp3) is 0.214. The summed E-state index contributed by atoms with van der Waals surface area (Å²) in [7, 11) is 0. The van der Waals surface area contributed by atoms with Crippen LogP contribution in [-0.4, -0.2) is 9.97 Å². The van der Waals surface area contributed by atoms with E-state index in [4.69, 9.17) is 16.9 Å². The SMILES string of the molecule is Cc1cc(C)c(Nc2nc(C)cc(C#N)n2)c(Cl)c1. The molecule has 0 amide bonds. The van der Waals surface area contributed by atoms with Crippen LogP contribution in [-0.2, 0) is 0 Å². The molecule has 19 heavy (non-hydrogen) atoms. The zero-order chi connectivity index (χ0) is 14.0. The summed E-state index contributed by atoms with van der Waals surface area (Å²) in [6, 6.07) is 7.54. The molecule has 0 fully saturated rings. The Morgan fingerprint density at radius 2 is 1.89 bits per heavy atom. The minimum Gasteiger partial charge on any atom is -0.323 e. The maximum Gasteiger partial charge on any atom is 0.228 e. The van der Waals surface area contributed by atoms with E-state index in [1.165, 1.54) is 0 Å². The van der Waals surface area contributed by atoms with Crippen molar-refractivity contribution in [2.45, 2.75) is 20.8 Å². The van der Waals surface area contributed by atoms with Crippen LogP contribution >= 0.6 is 11.6 Å². The van der Waals surface area contributed by atoms with Crippen molar-refractivity contribution in [3.63, 3.8) is 0 Å². The van der Waals surface area contributed by atoms with Crippen molar-refractivity contribution in [1.82, 2.24) is 9.97 Å². The standard InChI is InChI=1S/C14H13ClN4/c1-8-4-9(2)13(12(15)5-8)19-14-17-10(3)6-11(7-16)18-14/h4-6H,1-3H3,(H,17,18,19). The van der Waals surface area contributed by atoms with Gasteiger partial charge in [0.15, 0.2) is 0 Å². The van der Waals surface area contributed by atoms with Gasteiger partial charge >= 0.3 is 0 Å². The lowest BCUT2D eigenvalue weighted by molar-refractivity contribution is 1.08. The highest BCUT2D eigenvalue weighted by atomic mass is 35.5. The van der Waals surface area contributed by atoms with Gasteiger partial charge in [-0.1, -0.05) is 17.7 Å². The Morgan fingerprint density at radius 3 is 2.53 bits per heavy atom. The van der Waals surface area contributed by atoms with Gasteiger partial charge in [-0.25, -0.2) is 9.97 Å². The predicted molar refractivity (Wildman–Crippen MR) is 75.7 cm³/mol. The van der Waals surface area contributed by atoms with E-state index in [1.54, 1.807) is 6.07 Å². The smallest absolute Gasteiger partial charge is 0.228 e. The number of halogens is 1. The maximum atomic E-state index is 8.90. The van der Waals surface area contributed by atoms with Crippen molar-refractivity contribution in [3.05, 3.63) is 45.7 Å². The molecule has 2 rings (SSSR count). The molecule has 2 aromatic rings. The summed E-state index contributed by atoms with van der Waals surface area (Å²) in [5.74, 6) is 0.380. The Balaban J connectivity index is 2.42. The van der Waals surface area contributed by atoms with E-state index in [1.807, 2.05) is 39.0 Å². The molecule has 0 bridgehead atoms. The molecule has 0 spiro atoms. The van der Waals surface area contributed by atoms with Gasteiger partial charge in [0, 0.05) is 5.69 Å². The summed E-state index contributed by atoms with van der Waals surface area (Å²) >= 11 is 6.22. The molecule has 1 N–H and O–H groups in total. The first kappa shape index (κ1) is 13.3. The van der Waals surface area contributed by atoms with E-state index in [-0.39, 0.29) is 0 Å². The Labute approximate surface area is 117 Å². The van der Waals surface area contributed by atoms with Crippen LogP contribution in [0.5, 0.6) is 0 Å². The largest absolute Gasteiger partial charge is 0.323 e. The molecule has 1 aromatic carbocycles. The monoisotopic (exact) mass is 272 g/mol. The zero-order valence-corrected chi connectivity index (χ0v) is 11.7. The van der Waals surface area contributed by atoms with Crippen molar-refractivity contribution in [2.24, 2.45) is 0 Å². The number of hydrogen-bond acceptors (Lipinski definition) is 4. The second-order valence-electron chi connectivity index (χ2n) is 4.39. The second-order valence-corrected chi connectivity index (χ2v) is 4.80. The van der Waals surface area contributed by atoms with Crippen molar-refractivity contribution < 1.29 is 0 Å². The van der Waals surface area contributed by atoms with Gasteiger partial charge in [0.2, 0.25) is 5.95 Å². The van der Waals surface area contributed by atoms with Crippen molar-refractivity contribution >= 4 is 23.2 Å². The van der Waals surface area contributed by atoms with Crippen LogP contribution in [0, 0.1) is 32.1 Å². The normalized spacial score (nSPS) is 10.1. The second kappa shape index (κ2) is 5.25.